The zero-order valence-corrected chi connectivity index (χ0v) is 11.7. The molecule has 94 valence electrons. The molecule has 0 spiro atoms. The van der Waals surface area contributed by atoms with E-state index in [1.165, 1.54) is 22.4 Å². The normalized spacial score (nSPS) is 10.7. The summed E-state index contributed by atoms with van der Waals surface area (Å²) >= 11 is 0. The van der Waals surface area contributed by atoms with Crippen LogP contribution in [0.3, 0.4) is 0 Å². The van der Waals surface area contributed by atoms with Crippen LogP contribution < -0.4 is 0 Å². The second kappa shape index (κ2) is 4.45. The number of rotatable bonds is 2. The minimum absolute atomic E-state index is 0.770. The topological polar surface area (TPSA) is 22.0 Å². The van der Waals surface area contributed by atoms with E-state index in [9.17, 15) is 4.79 Å². The van der Waals surface area contributed by atoms with Gasteiger partial charge in [0.1, 0.15) is 0 Å². The average molecular weight is 241 g/mol. The van der Waals surface area contributed by atoms with Gasteiger partial charge in [-0.1, -0.05) is 17.7 Å². The molecule has 0 aliphatic heterocycles. The van der Waals surface area contributed by atoms with Crippen LogP contribution in [-0.4, -0.2) is 10.9 Å². The van der Waals surface area contributed by atoms with Gasteiger partial charge in [-0.25, -0.2) is 0 Å². The van der Waals surface area contributed by atoms with Gasteiger partial charge in [-0.3, -0.25) is 4.79 Å². The standard InChI is InChI=1S/C16H19NO/c1-10-6-11(2)16(12(3)7-10)17-13(4)8-15(9-18)14(17)5/h6-9H,1-5H3. The molecule has 1 heterocycles. The maximum atomic E-state index is 11.0. The number of aromatic nitrogens is 1. The first-order chi connectivity index (χ1) is 8.45. The van der Waals surface area contributed by atoms with E-state index >= 15 is 0 Å². The van der Waals surface area contributed by atoms with E-state index in [4.69, 9.17) is 0 Å². The maximum Gasteiger partial charge on any atom is 0.151 e. The number of hydrogen-bond donors (Lipinski definition) is 0. The van der Waals surface area contributed by atoms with Crippen LogP contribution >= 0.6 is 0 Å². The quantitative estimate of drug-likeness (QED) is 0.732. The first kappa shape index (κ1) is 12.6. The van der Waals surface area contributed by atoms with Crippen LogP contribution in [0.25, 0.3) is 5.69 Å². The maximum absolute atomic E-state index is 11.0. The van der Waals surface area contributed by atoms with E-state index in [1.54, 1.807) is 0 Å². The van der Waals surface area contributed by atoms with Gasteiger partial charge in [0.25, 0.3) is 0 Å². The second-order valence-electron chi connectivity index (χ2n) is 5.03. The van der Waals surface area contributed by atoms with Gasteiger partial charge in [0.05, 0.1) is 5.69 Å². The number of carbonyl (C=O) groups is 1. The molecule has 1 aromatic heterocycles. The molecule has 2 nitrogen and oxygen atoms in total. The van der Waals surface area contributed by atoms with E-state index < -0.39 is 0 Å². The Morgan fingerprint density at radius 1 is 0.944 bits per heavy atom. The van der Waals surface area contributed by atoms with Crippen LogP contribution in [0.1, 0.15) is 38.4 Å². The largest absolute Gasteiger partial charge is 0.317 e. The summed E-state index contributed by atoms with van der Waals surface area (Å²) < 4.78 is 2.17. The molecular weight excluding hydrogens is 222 g/mol. The molecule has 2 rings (SSSR count). The Bertz CT molecular complexity index is 597. The van der Waals surface area contributed by atoms with Gasteiger partial charge in [0, 0.05) is 17.0 Å². The lowest BCUT2D eigenvalue weighted by Gasteiger charge is -2.16. The molecule has 0 unspecified atom stereocenters. The highest BCUT2D eigenvalue weighted by molar-refractivity contribution is 5.78. The first-order valence-electron chi connectivity index (χ1n) is 6.18. The fourth-order valence-electron chi connectivity index (χ4n) is 2.78. The minimum atomic E-state index is 0.770. The predicted molar refractivity (Wildman–Crippen MR) is 74.8 cm³/mol. The van der Waals surface area contributed by atoms with E-state index in [0.717, 1.165) is 23.2 Å². The smallest absolute Gasteiger partial charge is 0.151 e. The van der Waals surface area contributed by atoms with Crippen LogP contribution in [0.5, 0.6) is 0 Å². The molecule has 0 saturated carbocycles. The molecule has 2 heteroatoms. The molecule has 1 aromatic carbocycles. The number of carbonyl (C=O) groups excluding carboxylic acids is 1. The third-order valence-corrected chi connectivity index (χ3v) is 3.46. The Hall–Kier alpha value is -1.83. The molecule has 18 heavy (non-hydrogen) atoms. The molecule has 0 amide bonds. The third-order valence-electron chi connectivity index (χ3n) is 3.46. The van der Waals surface area contributed by atoms with Crippen molar-refractivity contribution in [1.82, 2.24) is 4.57 Å². The summed E-state index contributed by atoms with van der Waals surface area (Å²) in [6.45, 7) is 10.4. The molecular formula is C16H19NO. The third kappa shape index (κ3) is 1.88. The van der Waals surface area contributed by atoms with Crippen molar-refractivity contribution in [3.05, 3.63) is 51.8 Å². The highest BCUT2D eigenvalue weighted by Gasteiger charge is 2.13. The first-order valence-corrected chi connectivity index (χ1v) is 6.18. The number of hydrogen-bond acceptors (Lipinski definition) is 1. The van der Waals surface area contributed by atoms with Crippen molar-refractivity contribution in [2.45, 2.75) is 34.6 Å². The summed E-state index contributed by atoms with van der Waals surface area (Å²) in [5.41, 5.74) is 7.84. The molecule has 0 aliphatic rings. The van der Waals surface area contributed by atoms with Gasteiger partial charge in [0.15, 0.2) is 6.29 Å². The van der Waals surface area contributed by atoms with Crippen molar-refractivity contribution in [2.24, 2.45) is 0 Å². The van der Waals surface area contributed by atoms with Crippen molar-refractivity contribution >= 4 is 6.29 Å². The van der Waals surface area contributed by atoms with Gasteiger partial charge in [-0.2, -0.15) is 0 Å². The SMILES string of the molecule is Cc1cc(C)c(-n2c(C)cc(C=O)c2C)c(C)c1. The van der Waals surface area contributed by atoms with Crippen LogP contribution in [0, 0.1) is 34.6 Å². The minimum Gasteiger partial charge on any atom is -0.317 e. The Kier molecular flexibility index (Phi) is 3.12. The summed E-state index contributed by atoms with van der Waals surface area (Å²) in [6, 6.07) is 6.31. The van der Waals surface area contributed by atoms with Gasteiger partial charge in [-0.05, 0) is 51.8 Å². The van der Waals surface area contributed by atoms with Gasteiger partial charge < -0.3 is 4.57 Å². The second-order valence-corrected chi connectivity index (χ2v) is 5.03. The predicted octanol–water partition coefficient (Wildman–Crippen LogP) is 3.83. The van der Waals surface area contributed by atoms with Crippen LogP contribution in [0.2, 0.25) is 0 Å². The lowest BCUT2D eigenvalue weighted by atomic mass is 10.0. The van der Waals surface area contributed by atoms with E-state index in [2.05, 4.69) is 37.5 Å². The Morgan fingerprint density at radius 3 is 1.94 bits per heavy atom. The van der Waals surface area contributed by atoms with Crippen molar-refractivity contribution in [3.8, 4) is 5.69 Å². The fourth-order valence-corrected chi connectivity index (χ4v) is 2.78. The number of aryl methyl sites for hydroxylation is 4. The molecule has 0 fully saturated rings. The summed E-state index contributed by atoms with van der Waals surface area (Å²) in [6.07, 6.45) is 0.928. The molecule has 0 radical (unpaired) electrons. The summed E-state index contributed by atoms with van der Waals surface area (Å²) in [5.74, 6) is 0. The number of aldehydes is 1. The molecule has 2 aromatic rings. The highest BCUT2D eigenvalue weighted by atomic mass is 16.1. The molecule has 0 N–H and O–H groups in total. The Morgan fingerprint density at radius 2 is 1.50 bits per heavy atom. The van der Waals surface area contributed by atoms with E-state index in [-0.39, 0.29) is 0 Å². The molecule has 0 saturated heterocycles. The Labute approximate surface area is 108 Å². The van der Waals surface area contributed by atoms with Crippen molar-refractivity contribution in [2.75, 3.05) is 0 Å². The van der Waals surface area contributed by atoms with E-state index in [0.29, 0.717) is 0 Å². The van der Waals surface area contributed by atoms with Crippen LogP contribution in [-0.2, 0) is 0 Å². The summed E-state index contributed by atoms with van der Waals surface area (Å²) in [7, 11) is 0. The fraction of sp³-hybridized carbons (Fsp3) is 0.312. The molecule has 0 atom stereocenters. The lowest BCUT2D eigenvalue weighted by Crippen LogP contribution is -2.05. The van der Waals surface area contributed by atoms with Crippen molar-refractivity contribution < 1.29 is 4.79 Å². The average Bonchev–Trinajstić information content (AvgIpc) is 2.55. The number of benzene rings is 1. The van der Waals surface area contributed by atoms with E-state index in [1.807, 2.05) is 19.9 Å². The summed E-state index contributed by atoms with van der Waals surface area (Å²) in [5, 5.41) is 0. The zero-order valence-electron chi connectivity index (χ0n) is 11.7. The Balaban J connectivity index is 2.77. The van der Waals surface area contributed by atoms with Crippen LogP contribution in [0.4, 0.5) is 0 Å². The number of nitrogens with zero attached hydrogens (tertiary/aromatic N) is 1. The van der Waals surface area contributed by atoms with Gasteiger partial charge in [-0.15, -0.1) is 0 Å². The van der Waals surface area contributed by atoms with Crippen molar-refractivity contribution in [3.63, 3.8) is 0 Å². The van der Waals surface area contributed by atoms with Gasteiger partial charge in [0.2, 0.25) is 0 Å². The summed E-state index contributed by atoms with van der Waals surface area (Å²) in [4.78, 5) is 11.0. The highest BCUT2D eigenvalue weighted by Crippen LogP contribution is 2.26. The monoisotopic (exact) mass is 241 g/mol. The lowest BCUT2D eigenvalue weighted by molar-refractivity contribution is 0.112. The van der Waals surface area contributed by atoms with Crippen LogP contribution in [0.15, 0.2) is 18.2 Å². The van der Waals surface area contributed by atoms with Crippen molar-refractivity contribution in [1.29, 1.82) is 0 Å². The molecule has 0 aliphatic carbocycles. The van der Waals surface area contributed by atoms with Gasteiger partial charge >= 0.3 is 0 Å². The molecule has 0 bridgehead atoms. The zero-order chi connectivity index (χ0) is 13.4.